The number of phenols is 1. The fourth-order valence-corrected chi connectivity index (χ4v) is 3.36. The molecule has 1 aliphatic heterocycles. The molecule has 0 radical (unpaired) electrons. The van der Waals surface area contributed by atoms with Crippen molar-refractivity contribution in [2.75, 3.05) is 13.1 Å². The predicted octanol–water partition coefficient (Wildman–Crippen LogP) is 2.55. The van der Waals surface area contributed by atoms with Crippen molar-refractivity contribution in [3.8, 4) is 5.75 Å². The second kappa shape index (κ2) is 11.2. The molecule has 2 amide bonds. The van der Waals surface area contributed by atoms with Crippen LogP contribution in [0.15, 0.2) is 67.0 Å². The molecule has 0 bridgehead atoms. The van der Waals surface area contributed by atoms with Gasteiger partial charge >= 0.3 is 0 Å². The minimum absolute atomic E-state index is 0.0129. The summed E-state index contributed by atoms with van der Waals surface area (Å²) in [6.07, 6.45) is 4.26. The second-order valence-corrected chi connectivity index (χ2v) is 7.71. The topological polar surface area (TPSA) is 134 Å². The van der Waals surface area contributed by atoms with Crippen LogP contribution in [0.25, 0.3) is 0 Å². The summed E-state index contributed by atoms with van der Waals surface area (Å²) in [4.78, 5) is 38.6. The van der Waals surface area contributed by atoms with Gasteiger partial charge in [-0.25, -0.2) is 0 Å². The molecule has 0 saturated carbocycles. The molecule has 0 unspecified atom stereocenters. The standard InChI is InChI=1S/C14H10ClNO3.C10H13N3O/c15-11-3-1-2-10(13(11)18)12(17)8-4-6-9(7-5-8)14(16)19;14-10(8-1-4-11-5-2-8)13-9-3-6-12-7-9/h1-7,18H,(H2,16,19);1-2,4-5,9,12H,3,6-7H2,(H,13,14)/t;9-/m.0/s1. The number of primary amides is 1. The first-order valence-corrected chi connectivity index (χ1v) is 10.6. The number of amides is 2. The average Bonchev–Trinajstić information content (AvgIpc) is 3.34. The zero-order valence-corrected chi connectivity index (χ0v) is 18.4. The Morgan fingerprint density at radius 3 is 2.27 bits per heavy atom. The number of pyridine rings is 1. The number of aromatic nitrogens is 1. The van der Waals surface area contributed by atoms with E-state index >= 15 is 0 Å². The van der Waals surface area contributed by atoms with E-state index in [2.05, 4.69) is 15.6 Å². The van der Waals surface area contributed by atoms with E-state index in [1.807, 2.05) is 0 Å². The molecular weight excluding hydrogens is 444 g/mol. The Labute approximate surface area is 195 Å². The highest BCUT2D eigenvalue weighted by atomic mass is 35.5. The van der Waals surface area contributed by atoms with Crippen molar-refractivity contribution in [1.82, 2.24) is 15.6 Å². The number of aromatic hydroxyl groups is 1. The molecule has 8 nitrogen and oxygen atoms in total. The van der Waals surface area contributed by atoms with Crippen LogP contribution in [0.3, 0.4) is 0 Å². The van der Waals surface area contributed by atoms with Crippen LogP contribution in [0.1, 0.15) is 43.1 Å². The molecule has 1 aromatic heterocycles. The van der Waals surface area contributed by atoms with E-state index in [-0.39, 0.29) is 34.1 Å². The third-order valence-electron chi connectivity index (χ3n) is 5.00. The summed E-state index contributed by atoms with van der Waals surface area (Å²) in [5.41, 5.74) is 6.54. The van der Waals surface area contributed by atoms with E-state index in [1.165, 1.54) is 36.4 Å². The van der Waals surface area contributed by atoms with Gasteiger partial charge in [-0.2, -0.15) is 0 Å². The number of hydrogen-bond donors (Lipinski definition) is 4. The normalized spacial score (nSPS) is 14.6. The first-order chi connectivity index (χ1) is 15.9. The van der Waals surface area contributed by atoms with Crippen LogP contribution in [-0.2, 0) is 0 Å². The first-order valence-electron chi connectivity index (χ1n) is 10.2. The summed E-state index contributed by atoms with van der Waals surface area (Å²) in [5.74, 6) is -1.21. The lowest BCUT2D eigenvalue weighted by molar-refractivity contribution is 0.0938. The van der Waals surface area contributed by atoms with Crippen molar-refractivity contribution in [1.29, 1.82) is 0 Å². The summed E-state index contributed by atoms with van der Waals surface area (Å²) < 4.78 is 0. The number of carbonyl (C=O) groups excluding carboxylic acids is 3. The number of carbonyl (C=O) groups is 3. The lowest BCUT2D eigenvalue weighted by Gasteiger charge is -2.10. The number of halogens is 1. The molecule has 3 aromatic rings. The highest BCUT2D eigenvalue weighted by Gasteiger charge is 2.17. The minimum atomic E-state index is -0.565. The predicted molar refractivity (Wildman–Crippen MR) is 124 cm³/mol. The van der Waals surface area contributed by atoms with Gasteiger partial charge < -0.3 is 21.5 Å². The number of nitrogens with one attached hydrogen (secondary N) is 2. The third-order valence-corrected chi connectivity index (χ3v) is 5.31. The van der Waals surface area contributed by atoms with Gasteiger partial charge in [0.25, 0.3) is 5.91 Å². The number of hydrogen-bond acceptors (Lipinski definition) is 6. The summed E-state index contributed by atoms with van der Waals surface area (Å²) in [6.45, 7) is 1.86. The van der Waals surface area contributed by atoms with Crippen LogP contribution in [0.4, 0.5) is 0 Å². The van der Waals surface area contributed by atoms with Crippen LogP contribution >= 0.6 is 11.6 Å². The Hall–Kier alpha value is -3.75. The van der Waals surface area contributed by atoms with Crippen molar-refractivity contribution in [2.24, 2.45) is 5.73 Å². The monoisotopic (exact) mass is 466 g/mol. The van der Waals surface area contributed by atoms with E-state index in [1.54, 1.807) is 30.6 Å². The summed E-state index contributed by atoms with van der Waals surface area (Å²) in [7, 11) is 0. The summed E-state index contributed by atoms with van der Waals surface area (Å²) in [5, 5.41) is 16.0. The molecule has 0 spiro atoms. The number of benzene rings is 2. The minimum Gasteiger partial charge on any atom is -0.506 e. The van der Waals surface area contributed by atoms with Crippen molar-refractivity contribution >= 4 is 29.2 Å². The second-order valence-electron chi connectivity index (χ2n) is 7.31. The molecule has 170 valence electrons. The van der Waals surface area contributed by atoms with Crippen LogP contribution < -0.4 is 16.4 Å². The van der Waals surface area contributed by atoms with Crippen molar-refractivity contribution in [2.45, 2.75) is 12.5 Å². The maximum Gasteiger partial charge on any atom is 0.251 e. The fourth-order valence-electron chi connectivity index (χ4n) is 3.19. The zero-order chi connectivity index (χ0) is 23.8. The molecule has 1 atom stereocenters. The molecule has 1 fully saturated rings. The van der Waals surface area contributed by atoms with E-state index in [0.717, 1.165) is 19.5 Å². The maximum absolute atomic E-state index is 12.2. The van der Waals surface area contributed by atoms with Crippen LogP contribution in [-0.4, -0.2) is 46.8 Å². The maximum atomic E-state index is 12.2. The van der Waals surface area contributed by atoms with Gasteiger partial charge in [0.1, 0.15) is 5.75 Å². The molecule has 5 N–H and O–H groups in total. The van der Waals surface area contributed by atoms with Gasteiger partial charge in [-0.05, 0) is 49.4 Å². The smallest absolute Gasteiger partial charge is 0.251 e. The number of rotatable bonds is 5. The first kappa shape index (κ1) is 23.9. The van der Waals surface area contributed by atoms with Crippen molar-refractivity contribution < 1.29 is 19.5 Å². The SMILES string of the molecule is NC(=O)c1ccc(C(=O)c2cccc(Cl)c2O)cc1.O=C(N[C@H]1CCNC1)c1ccncc1. The van der Waals surface area contributed by atoms with Gasteiger partial charge in [0, 0.05) is 41.7 Å². The Kier molecular flexibility index (Phi) is 8.12. The number of phenolic OH excluding ortho intramolecular Hbond substituents is 1. The Morgan fingerprint density at radius 1 is 1.00 bits per heavy atom. The quantitative estimate of drug-likeness (QED) is 0.427. The number of nitrogens with zero attached hydrogens (tertiary/aromatic N) is 1. The van der Waals surface area contributed by atoms with Crippen LogP contribution in [0.5, 0.6) is 5.75 Å². The van der Waals surface area contributed by atoms with E-state index in [9.17, 15) is 19.5 Å². The Balaban J connectivity index is 0.000000194. The molecule has 1 aliphatic rings. The lowest BCUT2D eigenvalue weighted by Crippen LogP contribution is -2.36. The van der Waals surface area contributed by atoms with Gasteiger partial charge in [-0.3, -0.25) is 19.4 Å². The van der Waals surface area contributed by atoms with Gasteiger partial charge in [0.05, 0.1) is 10.6 Å². The van der Waals surface area contributed by atoms with Gasteiger partial charge in [-0.1, -0.05) is 29.8 Å². The number of para-hydroxylation sites is 1. The number of ketones is 1. The molecule has 9 heteroatoms. The number of nitrogens with two attached hydrogens (primary N) is 1. The zero-order valence-electron chi connectivity index (χ0n) is 17.6. The third kappa shape index (κ3) is 6.38. The largest absolute Gasteiger partial charge is 0.506 e. The molecule has 0 aliphatic carbocycles. The van der Waals surface area contributed by atoms with Gasteiger partial charge in [0.2, 0.25) is 5.91 Å². The van der Waals surface area contributed by atoms with E-state index in [4.69, 9.17) is 17.3 Å². The lowest BCUT2D eigenvalue weighted by atomic mass is 10.0. The highest BCUT2D eigenvalue weighted by Crippen LogP contribution is 2.28. The van der Waals surface area contributed by atoms with E-state index < -0.39 is 5.91 Å². The Bertz CT molecular complexity index is 1130. The Morgan fingerprint density at radius 2 is 1.67 bits per heavy atom. The molecular formula is C24H23ClN4O4. The van der Waals surface area contributed by atoms with Gasteiger partial charge in [-0.15, -0.1) is 0 Å². The summed E-state index contributed by atoms with van der Waals surface area (Å²) in [6, 6.07) is 14.1. The van der Waals surface area contributed by atoms with Crippen LogP contribution in [0.2, 0.25) is 5.02 Å². The molecule has 2 aromatic carbocycles. The molecule has 1 saturated heterocycles. The summed E-state index contributed by atoms with van der Waals surface area (Å²) >= 11 is 5.75. The molecule has 2 heterocycles. The van der Waals surface area contributed by atoms with E-state index in [0.29, 0.717) is 16.7 Å². The van der Waals surface area contributed by atoms with Crippen molar-refractivity contribution in [3.05, 3.63) is 94.3 Å². The van der Waals surface area contributed by atoms with Crippen molar-refractivity contribution in [3.63, 3.8) is 0 Å². The highest BCUT2D eigenvalue weighted by molar-refractivity contribution is 6.33. The molecule has 4 rings (SSSR count). The van der Waals surface area contributed by atoms with Crippen LogP contribution in [0, 0.1) is 0 Å². The average molecular weight is 467 g/mol. The fraction of sp³-hybridized carbons (Fsp3) is 0.167. The van der Waals surface area contributed by atoms with Gasteiger partial charge in [0.15, 0.2) is 5.78 Å². The molecule has 33 heavy (non-hydrogen) atoms.